The maximum Gasteiger partial charge on any atom is 0.231 e. The average molecular weight is 196 g/mol. The largest absolute Gasteiger partial charge is 0.369 e. The topological polar surface area (TPSA) is 46.3 Å². The van der Waals surface area contributed by atoms with Gasteiger partial charge in [-0.15, -0.1) is 0 Å². The number of carbonyl (C=O) groups is 1. The normalized spacial score (nSPS) is 26.2. The predicted molar refractivity (Wildman–Crippen MR) is 55.6 cm³/mol. The second kappa shape index (κ2) is 3.23. The molecule has 2 fully saturated rings. The molecule has 0 radical (unpaired) electrons. The van der Waals surface area contributed by atoms with Crippen LogP contribution >= 0.6 is 0 Å². The zero-order chi connectivity index (χ0) is 10.3. The summed E-state index contributed by atoms with van der Waals surface area (Å²) in [6.07, 6.45) is 2.72. The van der Waals surface area contributed by atoms with E-state index in [1.807, 2.05) is 0 Å². The van der Waals surface area contributed by atoms with E-state index in [9.17, 15) is 4.79 Å². The van der Waals surface area contributed by atoms with Crippen LogP contribution in [-0.2, 0) is 4.79 Å². The van der Waals surface area contributed by atoms with Crippen molar-refractivity contribution in [1.29, 1.82) is 0 Å². The summed E-state index contributed by atoms with van der Waals surface area (Å²) in [5, 5.41) is 0. The molecular weight excluding hydrogens is 176 g/mol. The van der Waals surface area contributed by atoms with Crippen LogP contribution in [0.1, 0.15) is 26.7 Å². The zero-order valence-electron chi connectivity index (χ0n) is 9.12. The average Bonchev–Trinajstić information content (AvgIpc) is 1.89. The van der Waals surface area contributed by atoms with Crippen molar-refractivity contribution in [2.24, 2.45) is 23.0 Å². The van der Waals surface area contributed by atoms with Crippen LogP contribution in [0, 0.1) is 17.3 Å². The third kappa shape index (κ3) is 1.65. The second-order valence-corrected chi connectivity index (χ2v) is 5.52. The lowest BCUT2D eigenvalue weighted by molar-refractivity contribution is -0.132. The fourth-order valence-electron chi connectivity index (χ4n) is 3.02. The number of primary amides is 1. The number of hydrogen-bond donors (Lipinski definition) is 1. The molecule has 0 atom stereocenters. The zero-order valence-corrected chi connectivity index (χ0v) is 9.12. The first kappa shape index (κ1) is 9.97. The van der Waals surface area contributed by atoms with Crippen LogP contribution in [0.3, 0.4) is 0 Å². The van der Waals surface area contributed by atoms with Crippen molar-refractivity contribution in [3.63, 3.8) is 0 Å². The van der Waals surface area contributed by atoms with Crippen molar-refractivity contribution < 1.29 is 4.79 Å². The minimum Gasteiger partial charge on any atom is -0.369 e. The summed E-state index contributed by atoms with van der Waals surface area (Å²) in [5.41, 5.74) is 5.72. The van der Waals surface area contributed by atoms with Gasteiger partial charge < -0.3 is 5.73 Å². The lowest BCUT2D eigenvalue weighted by Gasteiger charge is -2.60. The van der Waals surface area contributed by atoms with Gasteiger partial charge >= 0.3 is 0 Å². The Morgan fingerprint density at radius 2 is 2.07 bits per heavy atom. The molecule has 3 nitrogen and oxygen atoms in total. The minimum atomic E-state index is -0.195. The molecule has 1 heterocycles. The van der Waals surface area contributed by atoms with E-state index in [-0.39, 0.29) is 5.91 Å². The second-order valence-electron chi connectivity index (χ2n) is 5.52. The standard InChI is InChI=1S/C11H20N2O/c1-8(2)9-3-11(4-9)6-13(7-11)5-10(12)14/h8-9H,3-7H2,1-2H3,(H2,12,14). The molecule has 1 aliphatic heterocycles. The van der Waals surface area contributed by atoms with Crippen LogP contribution in [-0.4, -0.2) is 30.4 Å². The maximum atomic E-state index is 10.7. The van der Waals surface area contributed by atoms with Crippen molar-refractivity contribution in [1.82, 2.24) is 4.90 Å². The van der Waals surface area contributed by atoms with Crippen molar-refractivity contribution >= 4 is 5.91 Å². The Kier molecular flexibility index (Phi) is 2.30. The minimum absolute atomic E-state index is 0.195. The van der Waals surface area contributed by atoms with Gasteiger partial charge in [-0.25, -0.2) is 0 Å². The third-order valence-corrected chi connectivity index (χ3v) is 3.83. The van der Waals surface area contributed by atoms with Gasteiger partial charge in [0.25, 0.3) is 0 Å². The summed E-state index contributed by atoms with van der Waals surface area (Å²) < 4.78 is 0. The van der Waals surface area contributed by atoms with Gasteiger partial charge in [0.2, 0.25) is 5.91 Å². The molecule has 3 heteroatoms. The SMILES string of the molecule is CC(C)C1CC2(C1)CN(CC(N)=O)C2. The van der Waals surface area contributed by atoms with E-state index in [0.29, 0.717) is 12.0 Å². The molecule has 1 saturated carbocycles. The van der Waals surface area contributed by atoms with E-state index in [1.165, 1.54) is 12.8 Å². The Morgan fingerprint density at radius 3 is 2.50 bits per heavy atom. The highest BCUT2D eigenvalue weighted by Crippen LogP contribution is 2.53. The number of nitrogens with two attached hydrogens (primary N) is 1. The number of hydrogen-bond acceptors (Lipinski definition) is 2. The van der Waals surface area contributed by atoms with Gasteiger partial charge in [0, 0.05) is 13.1 Å². The quantitative estimate of drug-likeness (QED) is 0.727. The van der Waals surface area contributed by atoms with Crippen molar-refractivity contribution in [2.75, 3.05) is 19.6 Å². The van der Waals surface area contributed by atoms with Crippen LogP contribution < -0.4 is 5.73 Å². The van der Waals surface area contributed by atoms with E-state index in [2.05, 4.69) is 18.7 Å². The maximum absolute atomic E-state index is 10.7. The van der Waals surface area contributed by atoms with Gasteiger partial charge in [0.05, 0.1) is 6.54 Å². The highest BCUT2D eigenvalue weighted by atomic mass is 16.1. The first-order chi connectivity index (χ1) is 6.51. The molecule has 0 unspecified atom stereocenters. The summed E-state index contributed by atoms with van der Waals surface area (Å²) in [6, 6.07) is 0. The van der Waals surface area contributed by atoms with Crippen LogP contribution in [0.4, 0.5) is 0 Å². The van der Waals surface area contributed by atoms with Crippen molar-refractivity contribution in [3.8, 4) is 0 Å². The lowest BCUT2D eigenvalue weighted by Crippen LogP contribution is -2.63. The number of likely N-dealkylation sites (tertiary alicyclic amines) is 1. The Labute approximate surface area is 85.6 Å². The van der Waals surface area contributed by atoms with E-state index < -0.39 is 0 Å². The van der Waals surface area contributed by atoms with Crippen LogP contribution in [0.25, 0.3) is 0 Å². The van der Waals surface area contributed by atoms with Gasteiger partial charge in [-0.05, 0) is 30.1 Å². The van der Waals surface area contributed by atoms with Crippen molar-refractivity contribution in [2.45, 2.75) is 26.7 Å². The summed E-state index contributed by atoms with van der Waals surface area (Å²) in [6.45, 7) is 7.25. The number of amides is 1. The van der Waals surface area contributed by atoms with E-state index in [4.69, 9.17) is 5.73 Å². The molecule has 1 amide bonds. The molecule has 0 aromatic carbocycles. The fourth-order valence-corrected chi connectivity index (χ4v) is 3.02. The number of rotatable bonds is 3. The Balaban J connectivity index is 1.72. The Hall–Kier alpha value is -0.570. The van der Waals surface area contributed by atoms with Crippen LogP contribution in [0.15, 0.2) is 0 Å². The molecule has 1 saturated heterocycles. The summed E-state index contributed by atoms with van der Waals surface area (Å²) in [7, 11) is 0. The van der Waals surface area contributed by atoms with Gasteiger partial charge in [0.1, 0.15) is 0 Å². The summed E-state index contributed by atoms with van der Waals surface area (Å²) in [5.74, 6) is 1.55. The van der Waals surface area contributed by atoms with Gasteiger partial charge in [-0.3, -0.25) is 9.69 Å². The highest BCUT2D eigenvalue weighted by Gasteiger charge is 2.52. The van der Waals surface area contributed by atoms with Gasteiger partial charge in [0.15, 0.2) is 0 Å². The Morgan fingerprint density at radius 1 is 1.50 bits per heavy atom. The van der Waals surface area contributed by atoms with Gasteiger partial charge in [-0.2, -0.15) is 0 Å². The van der Waals surface area contributed by atoms with Crippen molar-refractivity contribution in [3.05, 3.63) is 0 Å². The Bertz CT molecular complexity index is 236. The van der Waals surface area contributed by atoms with E-state index >= 15 is 0 Å². The first-order valence-electron chi connectivity index (χ1n) is 5.51. The molecule has 2 rings (SSSR count). The highest BCUT2D eigenvalue weighted by molar-refractivity contribution is 5.76. The number of carbonyl (C=O) groups excluding carboxylic acids is 1. The van der Waals surface area contributed by atoms with Crippen LogP contribution in [0.2, 0.25) is 0 Å². The molecular formula is C11H20N2O. The molecule has 0 aromatic rings. The molecule has 80 valence electrons. The smallest absolute Gasteiger partial charge is 0.231 e. The predicted octanol–water partition coefficient (Wildman–Crippen LogP) is 0.840. The van der Waals surface area contributed by atoms with Gasteiger partial charge in [-0.1, -0.05) is 13.8 Å². The van der Waals surface area contributed by atoms with E-state index in [0.717, 1.165) is 24.9 Å². The third-order valence-electron chi connectivity index (χ3n) is 3.83. The first-order valence-corrected chi connectivity index (χ1v) is 5.51. The van der Waals surface area contributed by atoms with Crippen LogP contribution in [0.5, 0.6) is 0 Å². The molecule has 2 aliphatic rings. The molecule has 1 spiro atoms. The molecule has 2 N–H and O–H groups in total. The fraction of sp³-hybridized carbons (Fsp3) is 0.909. The molecule has 1 aliphatic carbocycles. The molecule has 0 aromatic heterocycles. The summed E-state index contributed by atoms with van der Waals surface area (Å²) in [4.78, 5) is 12.8. The lowest BCUT2D eigenvalue weighted by atomic mass is 9.55. The summed E-state index contributed by atoms with van der Waals surface area (Å²) >= 11 is 0. The molecule has 14 heavy (non-hydrogen) atoms. The monoisotopic (exact) mass is 196 g/mol. The number of nitrogens with zero attached hydrogens (tertiary/aromatic N) is 1. The molecule has 0 bridgehead atoms. The van der Waals surface area contributed by atoms with E-state index in [1.54, 1.807) is 0 Å².